The number of benzene rings is 1. The summed E-state index contributed by atoms with van der Waals surface area (Å²) in [4.78, 5) is 23.7. The van der Waals surface area contributed by atoms with E-state index in [9.17, 15) is 9.59 Å². The Hall–Kier alpha value is -3.62. The number of fused-ring (bicyclic) bond motifs is 1. The maximum Gasteiger partial charge on any atom is 0.267 e. The van der Waals surface area contributed by atoms with Gasteiger partial charge in [-0.15, -0.1) is 0 Å². The molecule has 3 aromatic rings. The highest BCUT2D eigenvalue weighted by Crippen LogP contribution is 2.31. The van der Waals surface area contributed by atoms with Crippen molar-refractivity contribution in [2.45, 2.75) is 19.2 Å². The summed E-state index contributed by atoms with van der Waals surface area (Å²) in [6.07, 6.45) is 4.51. The van der Waals surface area contributed by atoms with E-state index in [1.165, 1.54) is 24.5 Å². The van der Waals surface area contributed by atoms with Gasteiger partial charge in [-0.25, -0.2) is 4.68 Å². The van der Waals surface area contributed by atoms with Gasteiger partial charge in [0, 0.05) is 18.5 Å². The number of carbonyl (C=O) groups excluding carboxylic acids is 1. The molecule has 1 amide bonds. The van der Waals surface area contributed by atoms with Crippen LogP contribution in [0.15, 0.2) is 59.8 Å². The Morgan fingerprint density at radius 3 is 2.89 bits per heavy atom. The van der Waals surface area contributed by atoms with Gasteiger partial charge in [0.2, 0.25) is 5.91 Å². The molecule has 0 saturated heterocycles. The average molecular weight is 367 g/mol. The standard InChI is InChI=1S/C18H17N5O4/c24-17(11-23-18(25)6-3-7-19-23)21-13-8-20-22(9-13)10-14-12-26-15-4-1-2-5-16(15)27-14/h1-9,14H,10-12H2,(H,21,24)/t14-/m0/s1. The van der Waals surface area contributed by atoms with Gasteiger partial charge in [-0.2, -0.15) is 10.2 Å². The largest absolute Gasteiger partial charge is 0.486 e. The predicted octanol–water partition coefficient (Wildman–Crippen LogP) is 0.918. The number of aromatic nitrogens is 4. The van der Waals surface area contributed by atoms with Crippen LogP contribution in [-0.2, 0) is 17.9 Å². The molecule has 1 aliphatic rings. The van der Waals surface area contributed by atoms with Crippen LogP contribution in [-0.4, -0.2) is 38.2 Å². The average Bonchev–Trinajstić information content (AvgIpc) is 3.10. The third kappa shape index (κ3) is 3.97. The first-order valence-electron chi connectivity index (χ1n) is 8.40. The van der Waals surface area contributed by atoms with Gasteiger partial charge in [0.1, 0.15) is 13.2 Å². The van der Waals surface area contributed by atoms with E-state index in [-0.39, 0.29) is 24.1 Å². The number of hydrogen-bond acceptors (Lipinski definition) is 6. The molecule has 1 aliphatic heterocycles. The van der Waals surface area contributed by atoms with E-state index in [1.54, 1.807) is 10.9 Å². The molecule has 0 saturated carbocycles. The second-order valence-electron chi connectivity index (χ2n) is 6.02. The van der Waals surface area contributed by atoms with Gasteiger partial charge in [-0.3, -0.25) is 14.3 Å². The topological polar surface area (TPSA) is 100 Å². The summed E-state index contributed by atoms with van der Waals surface area (Å²) in [5.74, 6) is 1.07. The highest BCUT2D eigenvalue weighted by Gasteiger charge is 2.21. The molecule has 0 fully saturated rings. The zero-order valence-corrected chi connectivity index (χ0v) is 14.3. The van der Waals surface area contributed by atoms with Gasteiger partial charge in [0.05, 0.1) is 18.4 Å². The number of ether oxygens (including phenoxy) is 2. The molecule has 1 aromatic carbocycles. The predicted molar refractivity (Wildman–Crippen MR) is 95.7 cm³/mol. The van der Waals surface area contributed by atoms with E-state index in [0.717, 1.165) is 10.4 Å². The lowest BCUT2D eigenvalue weighted by atomic mass is 10.2. The number of nitrogens with zero attached hydrogens (tertiary/aromatic N) is 4. The van der Waals surface area contributed by atoms with Crippen molar-refractivity contribution < 1.29 is 14.3 Å². The van der Waals surface area contributed by atoms with Crippen LogP contribution in [0.3, 0.4) is 0 Å². The maximum absolute atomic E-state index is 12.1. The summed E-state index contributed by atoms with van der Waals surface area (Å²) in [6.45, 7) is 0.728. The Balaban J connectivity index is 1.34. The third-order valence-corrected chi connectivity index (χ3v) is 3.95. The second kappa shape index (κ2) is 7.32. The fourth-order valence-corrected chi connectivity index (χ4v) is 2.73. The molecule has 1 atom stereocenters. The summed E-state index contributed by atoms with van der Waals surface area (Å²) >= 11 is 0. The lowest BCUT2D eigenvalue weighted by molar-refractivity contribution is -0.117. The smallest absolute Gasteiger partial charge is 0.267 e. The summed E-state index contributed by atoms with van der Waals surface area (Å²) in [6, 6.07) is 10.4. The van der Waals surface area contributed by atoms with Crippen molar-refractivity contribution >= 4 is 11.6 Å². The summed E-state index contributed by atoms with van der Waals surface area (Å²) in [5.41, 5.74) is 0.194. The molecule has 0 bridgehead atoms. The van der Waals surface area contributed by atoms with Crippen molar-refractivity contribution in [3.63, 3.8) is 0 Å². The molecule has 2 aromatic heterocycles. The highest BCUT2D eigenvalue weighted by atomic mass is 16.6. The van der Waals surface area contributed by atoms with Crippen LogP contribution in [0.2, 0.25) is 0 Å². The number of anilines is 1. The van der Waals surface area contributed by atoms with E-state index in [2.05, 4.69) is 15.5 Å². The molecule has 4 rings (SSSR count). The van der Waals surface area contributed by atoms with E-state index in [1.807, 2.05) is 24.3 Å². The molecule has 9 heteroatoms. The Morgan fingerprint density at radius 1 is 1.19 bits per heavy atom. The van der Waals surface area contributed by atoms with Crippen molar-refractivity contribution in [1.29, 1.82) is 0 Å². The number of hydrogen-bond donors (Lipinski definition) is 1. The van der Waals surface area contributed by atoms with Crippen LogP contribution in [0.5, 0.6) is 11.5 Å². The van der Waals surface area contributed by atoms with Gasteiger partial charge in [0.15, 0.2) is 17.6 Å². The van der Waals surface area contributed by atoms with Gasteiger partial charge in [-0.1, -0.05) is 12.1 Å². The Morgan fingerprint density at radius 2 is 2.04 bits per heavy atom. The van der Waals surface area contributed by atoms with Crippen molar-refractivity contribution in [3.05, 3.63) is 65.3 Å². The van der Waals surface area contributed by atoms with Crippen LogP contribution in [0.1, 0.15) is 0 Å². The normalized spacial score (nSPS) is 15.3. The lowest BCUT2D eigenvalue weighted by Crippen LogP contribution is -2.33. The van der Waals surface area contributed by atoms with Gasteiger partial charge in [0.25, 0.3) is 5.56 Å². The second-order valence-corrected chi connectivity index (χ2v) is 6.02. The third-order valence-electron chi connectivity index (χ3n) is 3.95. The van der Waals surface area contributed by atoms with Gasteiger partial charge < -0.3 is 14.8 Å². The van der Waals surface area contributed by atoms with Crippen molar-refractivity contribution in [2.75, 3.05) is 11.9 Å². The Bertz CT molecular complexity index is 1010. The summed E-state index contributed by atoms with van der Waals surface area (Å²) in [5, 5.41) is 10.8. The number of amides is 1. The van der Waals surface area contributed by atoms with Crippen LogP contribution in [0, 0.1) is 0 Å². The van der Waals surface area contributed by atoms with E-state index in [0.29, 0.717) is 24.6 Å². The first-order valence-corrected chi connectivity index (χ1v) is 8.40. The van der Waals surface area contributed by atoms with Crippen LogP contribution in [0.25, 0.3) is 0 Å². The first-order chi connectivity index (χ1) is 13.2. The molecule has 0 radical (unpaired) electrons. The molecule has 3 heterocycles. The minimum atomic E-state index is -0.360. The van der Waals surface area contributed by atoms with Crippen molar-refractivity contribution in [3.8, 4) is 11.5 Å². The molecular weight excluding hydrogens is 350 g/mol. The number of para-hydroxylation sites is 2. The molecule has 27 heavy (non-hydrogen) atoms. The number of carbonyl (C=O) groups is 1. The monoisotopic (exact) mass is 367 g/mol. The summed E-state index contributed by atoms with van der Waals surface area (Å²) in [7, 11) is 0. The maximum atomic E-state index is 12.1. The number of nitrogens with one attached hydrogen (secondary N) is 1. The molecule has 9 nitrogen and oxygen atoms in total. The molecule has 1 N–H and O–H groups in total. The Labute approximate surface area is 154 Å². The molecule has 138 valence electrons. The van der Waals surface area contributed by atoms with Gasteiger partial charge in [-0.05, 0) is 18.2 Å². The molecule has 0 aliphatic carbocycles. The molecule has 0 spiro atoms. The molecular formula is C18H17N5O4. The van der Waals surface area contributed by atoms with Crippen LogP contribution in [0.4, 0.5) is 5.69 Å². The van der Waals surface area contributed by atoms with E-state index >= 15 is 0 Å². The van der Waals surface area contributed by atoms with Crippen LogP contribution < -0.4 is 20.3 Å². The Kier molecular flexibility index (Phi) is 4.56. The lowest BCUT2D eigenvalue weighted by Gasteiger charge is -2.26. The van der Waals surface area contributed by atoms with E-state index < -0.39 is 0 Å². The van der Waals surface area contributed by atoms with E-state index in [4.69, 9.17) is 9.47 Å². The van der Waals surface area contributed by atoms with Crippen molar-refractivity contribution in [1.82, 2.24) is 19.6 Å². The highest BCUT2D eigenvalue weighted by molar-refractivity contribution is 5.90. The minimum Gasteiger partial charge on any atom is -0.486 e. The minimum absolute atomic E-state index is 0.165. The first kappa shape index (κ1) is 16.8. The summed E-state index contributed by atoms with van der Waals surface area (Å²) < 4.78 is 14.3. The molecule has 0 unspecified atom stereocenters. The van der Waals surface area contributed by atoms with Gasteiger partial charge >= 0.3 is 0 Å². The van der Waals surface area contributed by atoms with Crippen LogP contribution >= 0.6 is 0 Å². The zero-order chi connectivity index (χ0) is 18.6. The number of rotatable bonds is 5. The SMILES string of the molecule is O=C(Cn1ncccc1=O)Nc1cnn(C[C@H]2COc3ccccc3O2)c1. The fourth-order valence-electron chi connectivity index (χ4n) is 2.73. The fraction of sp³-hybridized carbons (Fsp3) is 0.222. The quantitative estimate of drug-likeness (QED) is 0.720. The zero-order valence-electron chi connectivity index (χ0n) is 14.3. The van der Waals surface area contributed by atoms with Crippen molar-refractivity contribution in [2.24, 2.45) is 0 Å².